The third kappa shape index (κ3) is 5.62. The molecule has 0 fully saturated rings. The van der Waals surface area contributed by atoms with Gasteiger partial charge in [-0.2, -0.15) is 0 Å². The van der Waals surface area contributed by atoms with E-state index in [9.17, 15) is 9.59 Å². The van der Waals surface area contributed by atoms with Crippen molar-refractivity contribution in [3.63, 3.8) is 0 Å². The van der Waals surface area contributed by atoms with E-state index in [1.807, 2.05) is 25.3 Å². The third-order valence-corrected chi connectivity index (χ3v) is 6.50. The fourth-order valence-corrected chi connectivity index (χ4v) is 4.27. The second-order valence-corrected chi connectivity index (χ2v) is 8.77. The van der Waals surface area contributed by atoms with Gasteiger partial charge in [-0.3, -0.25) is 9.59 Å². The van der Waals surface area contributed by atoms with Gasteiger partial charge >= 0.3 is 0 Å². The number of benzene rings is 2. The summed E-state index contributed by atoms with van der Waals surface area (Å²) in [6.45, 7) is 6.22. The summed E-state index contributed by atoms with van der Waals surface area (Å²) in [6.07, 6.45) is 0. The largest absolute Gasteiger partial charge is 0.342 e. The molecule has 1 unspecified atom stereocenters. The van der Waals surface area contributed by atoms with Gasteiger partial charge in [0.25, 0.3) is 5.91 Å². The van der Waals surface area contributed by atoms with Crippen molar-refractivity contribution in [1.29, 1.82) is 0 Å². The fraction of sp³-hybridized carbons (Fsp3) is 0.273. The Labute approximate surface area is 200 Å². The fourth-order valence-electron chi connectivity index (χ4n) is 3.07. The summed E-state index contributed by atoms with van der Waals surface area (Å²) in [7, 11) is 0. The lowest BCUT2D eigenvalue weighted by molar-refractivity contribution is -0.113. The molecule has 2 aromatic carbocycles. The molecule has 3 aromatic rings. The average Bonchev–Trinajstić information content (AvgIpc) is 3.19. The third-order valence-electron chi connectivity index (χ3n) is 4.79. The van der Waals surface area contributed by atoms with Gasteiger partial charge in [-0.15, -0.1) is 10.2 Å². The Morgan fingerprint density at radius 1 is 1.09 bits per heavy atom. The molecule has 2 N–H and O–H groups in total. The van der Waals surface area contributed by atoms with Crippen LogP contribution in [-0.2, 0) is 11.3 Å². The maximum Gasteiger partial charge on any atom is 0.253 e. The minimum absolute atomic E-state index is 0.157. The van der Waals surface area contributed by atoms with Crippen LogP contribution in [0.25, 0.3) is 0 Å². The highest BCUT2D eigenvalue weighted by atomic mass is 35.5. The molecule has 0 aliphatic rings. The number of aromatic nitrogens is 3. The van der Waals surface area contributed by atoms with Crippen molar-refractivity contribution in [2.75, 3.05) is 11.1 Å². The molecule has 0 radical (unpaired) electrons. The van der Waals surface area contributed by atoms with E-state index in [4.69, 9.17) is 23.2 Å². The molecule has 0 bridgehead atoms. The number of carbonyl (C=O) groups is 2. The van der Waals surface area contributed by atoms with Crippen molar-refractivity contribution in [1.82, 2.24) is 20.1 Å². The van der Waals surface area contributed by atoms with Crippen molar-refractivity contribution >= 4 is 52.5 Å². The number of halogens is 2. The highest BCUT2D eigenvalue weighted by Crippen LogP contribution is 2.25. The van der Waals surface area contributed by atoms with Crippen molar-refractivity contribution in [2.45, 2.75) is 38.5 Å². The average molecular weight is 492 g/mol. The number of amides is 2. The molecule has 3 rings (SSSR count). The molecule has 168 valence electrons. The van der Waals surface area contributed by atoms with E-state index in [0.717, 1.165) is 5.56 Å². The van der Waals surface area contributed by atoms with Crippen LogP contribution in [-0.4, -0.2) is 32.3 Å². The molecule has 1 heterocycles. The van der Waals surface area contributed by atoms with E-state index in [-0.39, 0.29) is 17.6 Å². The Bertz CT molecular complexity index is 1140. The van der Waals surface area contributed by atoms with Gasteiger partial charge < -0.3 is 15.2 Å². The van der Waals surface area contributed by atoms with E-state index in [1.54, 1.807) is 42.5 Å². The molecule has 1 aromatic heterocycles. The van der Waals surface area contributed by atoms with Crippen molar-refractivity contribution in [3.8, 4) is 0 Å². The van der Waals surface area contributed by atoms with Gasteiger partial charge in [0.1, 0.15) is 0 Å². The summed E-state index contributed by atoms with van der Waals surface area (Å²) < 4.78 is 1.88. The smallest absolute Gasteiger partial charge is 0.253 e. The molecule has 0 aliphatic heterocycles. The zero-order valence-corrected chi connectivity index (χ0v) is 20.2. The number of carbonyl (C=O) groups excluding carboxylic acids is 2. The number of hydrogen-bond acceptors (Lipinski definition) is 5. The molecule has 0 saturated carbocycles. The van der Waals surface area contributed by atoms with Crippen LogP contribution in [0.2, 0.25) is 10.0 Å². The van der Waals surface area contributed by atoms with Crippen molar-refractivity contribution < 1.29 is 9.59 Å². The van der Waals surface area contributed by atoms with Gasteiger partial charge in [-0.1, -0.05) is 53.2 Å². The van der Waals surface area contributed by atoms with E-state index >= 15 is 0 Å². The van der Waals surface area contributed by atoms with Gasteiger partial charge in [0.15, 0.2) is 11.0 Å². The Kier molecular flexibility index (Phi) is 8.17. The Morgan fingerprint density at radius 3 is 2.53 bits per heavy atom. The first kappa shape index (κ1) is 24.1. The summed E-state index contributed by atoms with van der Waals surface area (Å²) >= 11 is 13.5. The van der Waals surface area contributed by atoms with Crippen LogP contribution in [0.1, 0.15) is 41.6 Å². The maximum atomic E-state index is 12.6. The summed E-state index contributed by atoms with van der Waals surface area (Å²) in [6, 6.07) is 11.8. The SMILES string of the molecule is CCn1c(SCC(=O)Nc2cccc(Cl)c2C)nnc1C(C)NC(=O)c1ccccc1Cl. The number of anilines is 1. The molecule has 1 atom stereocenters. The lowest BCUT2D eigenvalue weighted by Crippen LogP contribution is -2.29. The van der Waals surface area contributed by atoms with Crippen LogP contribution in [0.4, 0.5) is 5.69 Å². The molecule has 10 heteroatoms. The molecular formula is C22H23Cl2N5O2S. The molecule has 2 amide bonds. The summed E-state index contributed by atoms with van der Waals surface area (Å²) in [5, 5.41) is 15.8. The molecule has 0 aliphatic carbocycles. The van der Waals surface area contributed by atoms with Crippen LogP contribution in [0, 0.1) is 6.92 Å². The minimum atomic E-state index is -0.400. The van der Waals surface area contributed by atoms with Crippen LogP contribution in [0.15, 0.2) is 47.6 Å². The predicted octanol–water partition coefficient (Wildman–Crippen LogP) is 5.14. The van der Waals surface area contributed by atoms with Gasteiger partial charge in [-0.25, -0.2) is 0 Å². The first-order chi connectivity index (χ1) is 15.3. The van der Waals surface area contributed by atoms with E-state index in [2.05, 4.69) is 20.8 Å². The Balaban J connectivity index is 1.65. The molecular weight excluding hydrogens is 469 g/mol. The summed E-state index contributed by atoms with van der Waals surface area (Å²) in [4.78, 5) is 25.0. The second-order valence-electron chi connectivity index (χ2n) is 7.01. The normalized spacial score (nSPS) is 11.8. The zero-order valence-electron chi connectivity index (χ0n) is 17.9. The van der Waals surface area contributed by atoms with Gasteiger partial charge in [0, 0.05) is 17.3 Å². The van der Waals surface area contributed by atoms with Crippen LogP contribution < -0.4 is 10.6 Å². The van der Waals surface area contributed by atoms with Gasteiger partial charge in [0.05, 0.1) is 22.4 Å². The number of thioether (sulfide) groups is 1. The van der Waals surface area contributed by atoms with Crippen LogP contribution >= 0.6 is 35.0 Å². The quantitative estimate of drug-likeness (QED) is 0.426. The second kappa shape index (κ2) is 10.8. The molecule has 7 nitrogen and oxygen atoms in total. The van der Waals surface area contributed by atoms with E-state index in [1.165, 1.54) is 11.8 Å². The Morgan fingerprint density at radius 2 is 1.81 bits per heavy atom. The number of hydrogen-bond donors (Lipinski definition) is 2. The first-order valence-electron chi connectivity index (χ1n) is 9.98. The van der Waals surface area contributed by atoms with Gasteiger partial charge in [0.2, 0.25) is 5.91 Å². The topological polar surface area (TPSA) is 88.9 Å². The predicted molar refractivity (Wildman–Crippen MR) is 129 cm³/mol. The van der Waals surface area contributed by atoms with E-state index < -0.39 is 6.04 Å². The Hall–Kier alpha value is -2.55. The van der Waals surface area contributed by atoms with Crippen molar-refractivity contribution in [2.24, 2.45) is 0 Å². The lowest BCUT2D eigenvalue weighted by Gasteiger charge is -2.15. The minimum Gasteiger partial charge on any atom is -0.342 e. The highest BCUT2D eigenvalue weighted by Gasteiger charge is 2.21. The molecule has 32 heavy (non-hydrogen) atoms. The maximum absolute atomic E-state index is 12.6. The molecule has 0 saturated heterocycles. The first-order valence-corrected chi connectivity index (χ1v) is 11.7. The number of nitrogens with zero attached hydrogens (tertiary/aromatic N) is 3. The van der Waals surface area contributed by atoms with Crippen LogP contribution in [0.3, 0.4) is 0 Å². The van der Waals surface area contributed by atoms with E-state index in [0.29, 0.717) is 38.8 Å². The van der Waals surface area contributed by atoms with Gasteiger partial charge in [-0.05, 0) is 50.6 Å². The summed E-state index contributed by atoms with van der Waals surface area (Å²) in [5.74, 6) is 0.290. The standard InChI is InChI=1S/C22H23Cl2N5O2S/c1-4-29-20(14(3)25-21(31)15-8-5-6-9-17(15)24)27-28-22(29)32-12-19(30)26-18-11-7-10-16(23)13(18)2/h5-11,14H,4,12H2,1-3H3,(H,25,31)(H,26,30). The lowest BCUT2D eigenvalue weighted by atomic mass is 10.2. The monoisotopic (exact) mass is 491 g/mol. The summed E-state index contributed by atoms with van der Waals surface area (Å²) in [5.41, 5.74) is 1.89. The highest BCUT2D eigenvalue weighted by molar-refractivity contribution is 7.99. The molecule has 0 spiro atoms. The zero-order chi connectivity index (χ0) is 23.3. The number of rotatable bonds is 8. The van der Waals surface area contributed by atoms with Crippen molar-refractivity contribution in [3.05, 3.63) is 69.5 Å². The van der Waals surface area contributed by atoms with Crippen LogP contribution in [0.5, 0.6) is 0 Å². The number of nitrogens with one attached hydrogen (secondary N) is 2.